The molecule has 1 saturated heterocycles. The fourth-order valence-electron chi connectivity index (χ4n) is 2.67. The van der Waals surface area contributed by atoms with Crippen molar-refractivity contribution in [3.63, 3.8) is 0 Å². The minimum atomic E-state index is 0.129. The zero-order chi connectivity index (χ0) is 13.1. The van der Waals surface area contributed by atoms with E-state index in [0.717, 1.165) is 31.6 Å². The third-order valence-corrected chi connectivity index (χ3v) is 3.48. The Morgan fingerprint density at radius 3 is 2.56 bits per heavy atom. The maximum Gasteiger partial charge on any atom is 0.228 e. The minimum Gasteiger partial charge on any atom is -0.326 e. The largest absolute Gasteiger partial charge is 0.326 e. The van der Waals surface area contributed by atoms with Gasteiger partial charge in [-0.3, -0.25) is 4.79 Å². The lowest BCUT2D eigenvalue weighted by Crippen LogP contribution is -2.38. The van der Waals surface area contributed by atoms with Crippen LogP contribution >= 0.6 is 0 Å². The van der Waals surface area contributed by atoms with Crippen LogP contribution in [0.2, 0.25) is 0 Å². The zero-order valence-corrected chi connectivity index (χ0v) is 11.5. The average Bonchev–Trinajstić information content (AvgIpc) is 2.27. The molecule has 1 N–H and O–H groups in total. The Morgan fingerprint density at radius 2 is 1.94 bits per heavy atom. The lowest BCUT2D eigenvalue weighted by atomic mass is 9.97. The lowest BCUT2D eigenvalue weighted by molar-refractivity contribution is -0.121. The number of hydrogen-bond donors (Lipinski definition) is 1. The van der Waals surface area contributed by atoms with Crippen molar-refractivity contribution in [2.45, 2.75) is 26.7 Å². The third-order valence-electron chi connectivity index (χ3n) is 3.48. The van der Waals surface area contributed by atoms with Crippen LogP contribution in [0.25, 0.3) is 0 Å². The molecule has 3 heteroatoms. The first kappa shape index (κ1) is 13.1. The van der Waals surface area contributed by atoms with Gasteiger partial charge in [0.05, 0.1) is 5.92 Å². The molecule has 1 aliphatic heterocycles. The highest BCUT2D eigenvalue weighted by Crippen LogP contribution is 2.19. The van der Waals surface area contributed by atoms with Crippen molar-refractivity contribution in [1.29, 1.82) is 0 Å². The number of anilines is 1. The molecule has 98 valence electrons. The first-order valence-corrected chi connectivity index (χ1v) is 6.62. The number of rotatable bonds is 2. The maximum absolute atomic E-state index is 12.2. The second-order valence-corrected chi connectivity index (χ2v) is 5.47. The Labute approximate surface area is 109 Å². The van der Waals surface area contributed by atoms with Crippen molar-refractivity contribution in [1.82, 2.24) is 4.90 Å². The highest BCUT2D eigenvalue weighted by molar-refractivity contribution is 5.92. The van der Waals surface area contributed by atoms with Crippen LogP contribution in [0, 0.1) is 19.8 Å². The Morgan fingerprint density at radius 1 is 1.28 bits per heavy atom. The molecular weight excluding hydrogens is 224 g/mol. The summed E-state index contributed by atoms with van der Waals surface area (Å²) < 4.78 is 0. The van der Waals surface area contributed by atoms with Gasteiger partial charge in [0.2, 0.25) is 5.91 Å². The average molecular weight is 246 g/mol. The van der Waals surface area contributed by atoms with E-state index in [-0.39, 0.29) is 11.8 Å². The summed E-state index contributed by atoms with van der Waals surface area (Å²) in [4.78, 5) is 14.4. The summed E-state index contributed by atoms with van der Waals surface area (Å²) in [5, 5.41) is 3.05. The number of aryl methyl sites for hydroxylation is 2. The van der Waals surface area contributed by atoms with E-state index in [9.17, 15) is 4.79 Å². The van der Waals surface area contributed by atoms with Gasteiger partial charge in [-0.05, 0) is 63.5 Å². The van der Waals surface area contributed by atoms with Gasteiger partial charge < -0.3 is 10.2 Å². The molecular formula is C15H22N2O. The van der Waals surface area contributed by atoms with E-state index in [4.69, 9.17) is 0 Å². The molecule has 18 heavy (non-hydrogen) atoms. The van der Waals surface area contributed by atoms with E-state index in [1.54, 1.807) is 0 Å². The fraction of sp³-hybridized carbons (Fsp3) is 0.533. The summed E-state index contributed by atoms with van der Waals surface area (Å²) in [6, 6.07) is 6.17. The van der Waals surface area contributed by atoms with Crippen LogP contribution in [0.4, 0.5) is 5.69 Å². The Balaban J connectivity index is 2.02. The maximum atomic E-state index is 12.2. The van der Waals surface area contributed by atoms with Crippen LogP contribution in [0.3, 0.4) is 0 Å². The zero-order valence-electron chi connectivity index (χ0n) is 11.5. The van der Waals surface area contributed by atoms with Crippen LogP contribution in [-0.2, 0) is 4.79 Å². The van der Waals surface area contributed by atoms with E-state index in [2.05, 4.69) is 37.2 Å². The SMILES string of the molecule is Cc1cc(C)cc(NC(=O)[C@H]2CCCN(C)C2)c1. The van der Waals surface area contributed by atoms with Gasteiger partial charge in [0, 0.05) is 12.2 Å². The summed E-state index contributed by atoms with van der Waals surface area (Å²) >= 11 is 0. The Bertz CT molecular complexity index is 422. The number of hydrogen-bond acceptors (Lipinski definition) is 2. The summed E-state index contributed by atoms with van der Waals surface area (Å²) in [5.74, 6) is 0.288. The van der Waals surface area contributed by atoms with Gasteiger partial charge in [-0.15, -0.1) is 0 Å². The quantitative estimate of drug-likeness (QED) is 0.870. The van der Waals surface area contributed by atoms with Gasteiger partial charge in [-0.2, -0.15) is 0 Å². The van der Waals surface area contributed by atoms with E-state index in [1.807, 2.05) is 12.1 Å². The second kappa shape index (κ2) is 5.53. The topological polar surface area (TPSA) is 32.3 Å². The fourth-order valence-corrected chi connectivity index (χ4v) is 2.67. The van der Waals surface area contributed by atoms with Crippen molar-refractivity contribution in [3.05, 3.63) is 29.3 Å². The molecule has 0 aromatic heterocycles. The molecule has 1 aliphatic rings. The number of nitrogens with one attached hydrogen (secondary N) is 1. The number of carbonyl (C=O) groups is 1. The van der Waals surface area contributed by atoms with Crippen molar-refractivity contribution >= 4 is 11.6 Å². The first-order valence-electron chi connectivity index (χ1n) is 6.62. The van der Waals surface area contributed by atoms with Crippen LogP contribution in [0.15, 0.2) is 18.2 Å². The van der Waals surface area contributed by atoms with E-state index >= 15 is 0 Å². The molecule has 1 fully saturated rings. The van der Waals surface area contributed by atoms with Gasteiger partial charge in [0.25, 0.3) is 0 Å². The van der Waals surface area contributed by atoms with Gasteiger partial charge in [-0.1, -0.05) is 6.07 Å². The van der Waals surface area contributed by atoms with Gasteiger partial charge in [-0.25, -0.2) is 0 Å². The summed E-state index contributed by atoms with van der Waals surface area (Å²) in [6.07, 6.45) is 2.11. The molecule has 2 rings (SSSR count). The monoisotopic (exact) mass is 246 g/mol. The first-order chi connectivity index (χ1) is 8.54. The molecule has 0 unspecified atom stereocenters. The van der Waals surface area contributed by atoms with Crippen LogP contribution in [-0.4, -0.2) is 30.9 Å². The van der Waals surface area contributed by atoms with Gasteiger partial charge in [0.15, 0.2) is 0 Å². The predicted molar refractivity (Wildman–Crippen MR) is 74.8 cm³/mol. The van der Waals surface area contributed by atoms with E-state index in [1.165, 1.54) is 11.1 Å². The molecule has 0 bridgehead atoms. The summed E-state index contributed by atoms with van der Waals surface area (Å²) in [7, 11) is 2.08. The molecule has 0 radical (unpaired) electrons. The summed E-state index contributed by atoms with van der Waals surface area (Å²) in [6.45, 7) is 6.08. The highest BCUT2D eigenvalue weighted by Gasteiger charge is 2.23. The normalized spacial score (nSPS) is 20.7. The second-order valence-electron chi connectivity index (χ2n) is 5.47. The van der Waals surface area contributed by atoms with E-state index in [0.29, 0.717) is 0 Å². The molecule has 0 saturated carbocycles. The van der Waals surface area contributed by atoms with Crippen molar-refractivity contribution in [2.24, 2.45) is 5.92 Å². The number of carbonyl (C=O) groups excluding carboxylic acids is 1. The van der Waals surface area contributed by atoms with Crippen LogP contribution in [0.1, 0.15) is 24.0 Å². The molecule has 1 heterocycles. The smallest absolute Gasteiger partial charge is 0.228 e. The third kappa shape index (κ3) is 3.33. The van der Waals surface area contributed by atoms with Crippen molar-refractivity contribution < 1.29 is 4.79 Å². The lowest BCUT2D eigenvalue weighted by Gasteiger charge is -2.28. The number of nitrogens with zero attached hydrogens (tertiary/aromatic N) is 1. The minimum absolute atomic E-state index is 0.129. The molecule has 1 amide bonds. The van der Waals surface area contributed by atoms with Crippen LogP contribution < -0.4 is 5.32 Å². The number of amides is 1. The highest BCUT2D eigenvalue weighted by atomic mass is 16.1. The molecule has 1 aromatic rings. The molecule has 3 nitrogen and oxygen atoms in total. The van der Waals surface area contributed by atoms with Crippen molar-refractivity contribution in [3.8, 4) is 0 Å². The van der Waals surface area contributed by atoms with E-state index < -0.39 is 0 Å². The van der Waals surface area contributed by atoms with Gasteiger partial charge >= 0.3 is 0 Å². The predicted octanol–water partition coefficient (Wildman–Crippen LogP) is 2.58. The molecule has 0 spiro atoms. The standard InChI is InChI=1S/C15H22N2O/c1-11-7-12(2)9-14(8-11)16-15(18)13-5-4-6-17(3)10-13/h7-9,13H,4-6,10H2,1-3H3,(H,16,18)/t13-/m0/s1. The van der Waals surface area contributed by atoms with Crippen molar-refractivity contribution in [2.75, 3.05) is 25.5 Å². The number of benzene rings is 1. The molecule has 1 atom stereocenters. The Kier molecular flexibility index (Phi) is 4.02. The number of piperidine rings is 1. The van der Waals surface area contributed by atoms with Crippen LogP contribution in [0.5, 0.6) is 0 Å². The summed E-state index contributed by atoms with van der Waals surface area (Å²) in [5.41, 5.74) is 3.29. The Hall–Kier alpha value is -1.35. The molecule has 1 aromatic carbocycles. The molecule has 0 aliphatic carbocycles. The van der Waals surface area contributed by atoms with Gasteiger partial charge in [0.1, 0.15) is 0 Å². The number of likely N-dealkylation sites (tertiary alicyclic amines) is 1.